The average molecular weight is 311 g/mol. The summed E-state index contributed by atoms with van der Waals surface area (Å²) in [6.45, 7) is 2.44. The highest BCUT2D eigenvalue weighted by Crippen LogP contribution is 2.29. The molecule has 2 N–H and O–H groups in total. The van der Waals surface area contributed by atoms with Gasteiger partial charge < -0.3 is 10.6 Å². The van der Waals surface area contributed by atoms with Crippen LogP contribution in [0.3, 0.4) is 0 Å². The van der Waals surface area contributed by atoms with Gasteiger partial charge in [-0.3, -0.25) is 4.79 Å². The molecule has 0 fully saturated rings. The number of hydrogen-bond donors (Lipinski definition) is 2. The van der Waals surface area contributed by atoms with Crippen molar-refractivity contribution in [1.82, 2.24) is 5.32 Å². The summed E-state index contributed by atoms with van der Waals surface area (Å²) in [4.78, 5) is 11.7. The SMILES string of the molecule is CCCCNC(=O)/C(C#N)=C\Nc1ccc(C(F)(F)F)cc1. The van der Waals surface area contributed by atoms with E-state index in [9.17, 15) is 18.0 Å². The first-order valence-corrected chi connectivity index (χ1v) is 6.70. The van der Waals surface area contributed by atoms with Crippen molar-refractivity contribution >= 4 is 11.6 Å². The van der Waals surface area contributed by atoms with Crippen LogP contribution in [0.4, 0.5) is 18.9 Å². The van der Waals surface area contributed by atoms with Crippen molar-refractivity contribution in [2.45, 2.75) is 25.9 Å². The number of nitrogens with zero attached hydrogens (tertiary/aromatic N) is 1. The van der Waals surface area contributed by atoms with E-state index in [4.69, 9.17) is 5.26 Å². The third-order valence-electron chi connectivity index (χ3n) is 2.78. The molecule has 0 bridgehead atoms. The largest absolute Gasteiger partial charge is 0.416 e. The van der Waals surface area contributed by atoms with E-state index in [-0.39, 0.29) is 5.57 Å². The highest BCUT2D eigenvalue weighted by molar-refractivity contribution is 5.97. The van der Waals surface area contributed by atoms with Crippen LogP contribution in [0.5, 0.6) is 0 Å². The number of carbonyl (C=O) groups excluding carboxylic acids is 1. The number of unbranched alkanes of at least 4 members (excludes halogenated alkanes) is 1. The molecule has 0 aliphatic heterocycles. The minimum atomic E-state index is -4.40. The molecule has 0 aromatic heterocycles. The fourth-order valence-corrected chi connectivity index (χ4v) is 1.53. The normalized spacial score (nSPS) is 11.7. The van der Waals surface area contributed by atoms with Crippen LogP contribution in [0.25, 0.3) is 0 Å². The number of benzene rings is 1. The van der Waals surface area contributed by atoms with Crippen molar-refractivity contribution in [1.29, 1.82) is 5.26 Å². The summed E-state index contributed by atoms with van der Waals surface area (Å²) in [5.41, 5.74) is -0.557. The van der Waals surface area contributed by atoms with Crippen LogP contribution in [0.1, 0.15) is 25.3 Å². The maximum Gasteiger partial charge on any atom is 0.416 e. The average Bonchev–Trinajstić information content (AvgIpc) is 2.47. The number of halogens is 3. The summed E-state index contributed by atoms with van der Waals surface area (Å²) >= 11 is 0. The molecule has 1 aromatic carbocycles. The van der Waals surface area contributed by atoms with Crippen molar-refractivity contribution in [2.24, 2.45) is 0 Å². The Bertz CT molecular complexity index is 571. The van der Waals surface area contributed by atoms with Crippen LogP contribution in [0, 0.1) is 11.3 Å². The zero-order valence-electron chi connectivity index (χ0n) is 12.0. The van der Waals surface area contributed by atoms with Gasteiger partial charge in [-0.05, 0) is 30.7 Å². The Hall–Kier alpha value is -2.49. The molecule has 0 spiro atoms. The zero-order valence-corrected chi connectivity index (χ0v) is 12.0. The molecular formula is C15H16F3N3O. The Morgan fingerprint density at radius 3 is 2.45 bits per heavy atom. The number of carbonyl (C=O) groups is 1. The van der Waals surface area contributed by atoms with Crippen LogP contribution in [-0.4, -0.2) is 12.5 Å². The Morgan fingerprint density at radius 2 is 1.95 bits per heavy atom. The highest BCUT2D eigenvalue weighted by atomic mass is 19.4. The molecular weight excluding hydrogens is 295 g/mol. The second-order valence-electron chi connectivity index (χ2n) is 4.50. The number of nitrogens with one attached hydrogen (secondary N) is 2. The van der Waals surface area contributed by atoms with Gasteiger partial charge in [0.05, 0.1) is 5.56 Å². The summed E-state index contributed by atoms with van der Waals surface area (Å²) in [6.07, 6.45) is -1.51. The van der Waals surface area contributed by atoms with E-state index in [1.54, 1.807) is 6.07 Å². The van der Waals surface area contributed by atoms with E-state index in [0.29, 0.717) is 12.2 Å². The first kappa shape index (κ1) is 17.6. The standard InChI is InChI=1S/C15H16F3N3O/c1-2-3-8-20-14(22)11(9-19)10-21-13-6-4-12(5-7-13)15(16,17)18/h4-7,10,21H,2-3,8H2,1H3,(H,20,22)/b11-10-. The summed E-state index contributed by atoms with van der Waals surface area (Å²) < 4.78 is 37.2. The smallest absolute Gasteiger partial charge is 0.360 e. The fourth-order valence-electron chi connectivity index (χ4n) is 1.53. The molecule has 0 saturated carbocycles. The lowest BCUT2D eigenvalue weighted by atomic mass is 10.2. The van der Waals surface area contributed by atoms with Gasteiger partial charge in [0.15, 0.2) is 0 Å². The van der Waals surface area contributed by atoms with Gasteiger partial charge in [0, 0.05) is 18.4 Å². The Morgan fingerprint density at radius 1 is 1.32 bits per heavy atom. The minimum absolute atomic E-state index is 0.143. The monoisotopic (exact) mass is 311 g/mol. The summed E-state index contributed by atoms with van der Waals surface area (Å²) in [5.74, 6) is -0.518. The van der Waals surface area contributed by atoms with Crippen LogP contribution in [0.15, 0.2) is 36.0 Å². The lowest BCUT2D eigenvalue weighted by Crippen LogP contribution is -2.25. The quantitative estimate of drug-likeness (QED) is 0.480. The van der Waals surface area contributed by atoms with Gasteiger partial charge in [-0.2, -0.15) is 18.4 Å². The van der Waals surface area contributed by atoms with Gasteiger partial charge in [-0.1, -0.05) is 13.3 Å². The van der Waals surface area contributed by atoms with Crippen molar-refractivity contribution in [3.05, 3.63) is 41.6 Å². The zero-order chi connectivity index (χ0) is 16.6. The number of anilines is 1. The Labute approximate surface area is 126 Å². The molecule has 1 amide bonds. The predicted octanol–water partition coefficient (Wildman–Crippen LogP) is 3.44. The molecule has 1 aromatic rings. The molecule has 1 rings (SSSR count). The summed E-state index contributed by atoms with van der Waals surface area (Å²) in [7, 11) is 0. The van der Waals surface area contributed by atoms with Crippen molar-refractivity contribution in [3.63, 3.8) is 0 Å². The number of hydrogen-bond acceptors (Lipinski definition) is 3. The van der Waals surface area contributed by atoms with Gasteiger partial charge in [0.2, 0.25) is 0 Å². The third kappa shape index (κ3) is 5.48. The van der Waals surface area contributed by atoms with E-state index in [1.165, 1.54) is 18.3 Å². The molecule has 0 unspecified atom stereocenters. The van der Waals surface area contributed by atoms with E-state index in [1.807, 2.05) is 6.92 Å². The maximum atomic E-state index is 12.4. The van der Waals surface area contributed by atoms with Crippen molar-refractivity contribution < 1.29 is 18.0 Å². The molecule has 0 radical (unpaired) electrons. The fraction of sp³-hybridized carbons (Fsp3) is 0.333. The Balaban J connectivity index is 2.68. The Kier molecular flexibility index (Phi) is 6.45. The van der Waals surface area contributed by atoms with E-state index in [0.717, 1.165) is 25.0 Å². The van der Waals surface area contributed by atoms with Gasteiger partial charge in [0.1, 0.15) is 11.6 Å². The molecule has 22 heavy (non-hydrogen) atoms. The maximum absolute atomic E-state index is 12.4. The number of rotatable bonds is 6. The molecule has 0 aliphatic rings. The lowest BCUT2D eigenvalue weighted by Gasteiger charge is -2.08. The van der Waals surface area contributed by atoms with Crippen LogP contribution in [-0.2, 0) is 11.0 Å². The molecule has 0 aliphatic carbocycles. The minimum Gasteiger partial charge on any atom is -0.360 e. The van der Waals surface area contributed by atoms with Gasteiger partial charge >= 0.3 is 6.18 Å². The van der Waals surface area contributed by atoms with Crippen molar-refractivity contribution in [3.8, 4) is 6.07 Å². The molecule has 7 heteroatoms. The number of nitriles is 1. The molecule has 0 saturated heterocycles. The first-order valence-electron chi connectivity index (χ1n) is 6.70. The van der Waals surface area contributed by atoms with E-state index in [2.05, 4.69) is 10.6 Å². The highest BCUT2D eigenvalue weighted by Gasteiger charge is 2.29. The molecule has 118 valence electrons. The van der Waals surface area contributed by atoms with E-state index < -0.39 is 17.6 Å². The topological polar surface area (TPSA) is 64.9 Å². The van der Waals surface area contributed by atoms with Crippen LogP contribution >= 0.6 is 0 Å². The second kappa shape index (κ2) is 8.08. The predicted molar refractivity (Wildman–Crippen MR) is 76.7 cm³/mol. The lowest BCUT2D eigenvalue weighted by molar-refractivity contribution is -0.137. The summed E-state index contributed by atoms with van der Waals surface area (Å²) in [6, 6.07) is 6.03. The summed E-state index contributed by atoms with van der Waals surface area (Å²) in [5, 5.41) is 14.1. The van der Waals surface area contributed by atoms with Gasteiger partial charge in [0.25, 0.3) is 5.91 Å². The van der Waals surface area contributed by atoms with E-state index >= 15 is 0 Å². The van der Waals surface area contributed by atoms with Crippen LogP contribution in [0.2, 0.25) is 0 Å². The van der Waals surface area contributed by atoms with Crippen LogP contribution < -0.4 is 10.6 Å². The number of alkyl halides is 3. The third-order valence-corrected chi connectivity index (χ3v) is 2.78. The van der Waals surface area contributed by atoms with Gasteiger partial charge in [-0.25, -0.2) is 0 Å². The molecule has 4 nitrogen and oxygen atoms in total. The molecule has 0 atom stereocenters. The number of amides is 1. The second-order valence-corrected chi connectivity index (χ2v) is 4.50. The first-order chi connectivity index (χ1) is 10.4. The van der Waals surface area contributed by atoms with Gasteiger partial charge in [-0.15, -0.1) is 0 Å². The molecule has 0 heterocycles. The van der Waals surface area contributed by atoms with Crippen molar-refractivity contribution in [2.75, 3.05) is 11.9 Å².